The minimum atomic E-state index is -1.44. The predicted molar refractivity (Wildman–Crippen MR) is 136 cm³/mol. The van der Waals surface area contributed by atoms with Gasteiger partial charge >= 0.3 is 18.0 Å². The second-order valence-corrected chi connectivity index (χ2v) is 11.0. The number of alkyl carbamates (subject to hydrolysis) is 1. The van der Waals surface area contributed by atoms with Crippen molar-refractivity contribution >= 4 is 41.2 Å². The number of thiazole rings is 1. The van der Waals surface area contributed by atoms with Crippen molar-refractivity contribution in [2.75, 3.05) is 0 Å². The van der Waals surface area contributed by atoms with E-state index < -0.39 is 65.5 Å². The van der Waals surface area contributed by atoms with Gasteiger partial charge in [-0.2, -0.15) is 0 Å². The number of carbonyl (C=O) groups excluding carboxylic acids is 4. The molecule has 4 N–H and O–H groups in total. The van der Waals surface area contributed by atoms with E-state index in [4.69, 9.17) is 14.6 Å². The van der Waals surface area contributed by atoms with Gasteiger partial charge in [0.05, 0.1) is 13.0 Å². The van der Waals surface area contributed by atoms with Gasteiger partial charge in [-0.3, -0.25) is 14.4 Å². The second-order valence-electron chi connectivity index (χ2n) is 10.1. The molecule has 0 saturated heterocycles. The Hall–Kier alpha value is -3.48. The van der Waals surface area contributed by atoms with Crippen LogP contribution in [0.4, 0.5) is 4.79 Å². The van der Waals surface area contributed by atoms with Crippen LogP contribution in [0.5, 0.6) is 0 Å². The van der Waals surface area contributed by atoms with Crippen molar-refractivity contribution in [3.05, 3.63) is 28.7 Å². The molecule has 206 valence electrons. The first-order valence-corrected chi connectivity index (χ1v) is 12.4. The number of ether oxygens (including phenoxy) is 2. The Balaban J connectivity index is 2.79. The Labute approximate surface area is 220 Å². The van der Waals surface area contributed by atoms with Gasteiger partial charge in [0.15, 0.2) is 0 Å². The Morgan fingerprint density at radius 2 is 1.78 bits per heavy atom. The van der Waals surface area contributed by atoms with E-state index in [9.17, 15) is 24.0 Å². The molecule has 0 spiro atoms. The maximum Gasteiger partial charge on any atom is 0.408 e. The first kappa shape index (κ1) is 31.5. The smallest absolute Gasteiger partial charge is 0.408 e. The lowest BCUT2D eigenvalue weighted by Gasteiger charge is -2.29. The number of carbonyl (C=O) groups is 5. The first-order valence-electron chi connectivity index (χ1n) is 11.5. The van der Waals surface area contributed by atoms with Crippen molar-refractivity contribution in [1.29, 1.82) is 0 Å². The Morgan fingerprint density at radius 3 is 2.30 bits per heavy atom. The fourth-order valence-electron chi connectivity index (χ4n) is 2.75. The SMILES string of the molecule is C=C[C@H](CC(=O)O)OC(=O)[C@@H](NC(=O)C(C)(C)NC(=O)c1csc(CNC(=O)OC(C)(C)C)n1)C(C)C. The fourth-order valence-corrected chi connectivity index (χ4v) is 3.46. The van der Waals surface area contributed by atoms with Crippen LogP contribution in [0.2, 0.25) is 0 Å². The second kappa shape index (κ2) is 13.2. The van der Waals surface area contributed by atoms with Gasteiger partial charge in [0, 0.05) is 5.38 Å². The Morgan fingerprint density at radius 1 is 1.16 bits per heavy atom. The zero-order chi connectivity index (χ0) is 28.6. The summed E-state index contributed by atoms with van der Waals surface area (Å²) in [5.74, 6) is -3.67. The molecule has 37 heavy (non-hydrogen) atoms. The lowest BCUT2D eigenvalue weighted by Crippen LogP contribution is -2.59. The van der Waals surface area contributed by atoms with Crippen LogP contribution < -0.4 is 16.0 Å². The average molecular weight is 541 g/mol. The number of carboxylic acid groups (broad SMARTS) is 1. The Bertz CT molecular complexity index is 1010. The van der Waals surface area contributed by atoms with Gasteiger partial charge in [0.25, 0.3) is 5.91 Å². The van der Waals surface area contributed by atoms with Crippen molar-refractivity contribution in [3.63, 3.8) is 0 Å². The minimum Gasteiger partial charge on any atom is -0.481 e. The lowest BCUT2D eigenvalue weighted by atomic mass is 9.99. The summed E-state index contributed by atoms with van der Waals surface area (Å²) in [6.45, 7) is 15.0. The van der Waals surface area contributed by atoms with E-state index in [1.165, 1.54) is 25.3 Å². The highest BCUT2D eigenvalue weighted by atomic mass is 32.1. The van der Waals surface area contributed by atoms with Gasteiger partial charge in [0.1, 0.15) is 34.0 Å². The van der Waals surface area contributed by atoms with E-state index in [0.29, 0.717) is 5.01 Å². The quantitative estimate of drug-likeness (QED) is 0.229. The van der Waals surface area contributed by atoms with Crippen molar-refractivity contribution in [1.82, 2.24) is 20.9 Å². The molecule has 1 aromatic heterocycles. The average Bonchev–Trinajstić information content (AvgIpc) is 3.22. The molecule has 0 radical (unpaired) electrons. The highest BCUT2D eigenvalue weighted by Crippen LogP contribution is 2.14. The molecule has 0 fully saturated rings. The summed E-state index contributed by atoms with van der Waals surface area (Å²) in [4.78, 5) is 65.2. The number of esters is 1. The van der Waals surface area contributed by atoms with E-state index >= 15 is 0 Å². The van der Waals surface area contributed by atoms with Gasteiger partial charge in [-0.1, -0.05) is 26.5 Å². The van der Waals surface area contributed by atoms with Gasteiger partial charge in [-0.05, 0) is 40.5 Å². The molecule has 0 saturated carbocycles. The van der Waals surface area contributed by atoms with Crippen molar-refractivity contribution in [2.45, 2.75) is 84.7 Å². The van der Waals surface area contributed by atoms with Gasteiger partial charge in [0.2, 0.25) is 5.91 Å². The maximum atomic E-state index is 13.0. The molecule has 0 aliphatic heterocycles. The standard InChI is InChI=1S/C24H36N4O8S/c1-9-14(10-17(29)30)35-20(32)18(13(2)3)27-21(33)24(7,8)28-19(31)15-12-37-16(26-15)11-25-22(34)36-23(4,5)6/h9,12-14,18H,1,10-11H2,2-8H3,(H,25,34)(H,27,33)(H,28,31)(H,29,30)/t14-,18+/m1/s1. The van der Waals surface area contributed by atoms with Gasteiger partial charge < -0.3 is 30.5 Å². The maximum absolute atomic E-state index is 13.0. The van der Waals surface area contributed by atoms with Crippen LogP contribution in [-0.2, 0) is 30.4 Å². The van der Waals surface area contributed by atoms with Crippen LogP contribution in [0.1, 0.15) is 70.4 Å². The normalized spacial score (nSPS) is 13.2. The summed E-state index contributed by atoms with van der Waals surface area (Å²) in [6, 6.07) is -1.09. The summed E-state index contributed by atoms with van der Waals surface area (Å²) in [7, 11) is 0. The minimum absolute atomic E-state index is 0.0502. The molecule has 13 heteroatoms. The molecule has 2 atom stereocenters. The van der Waals surface area contributed by atoms with E-state index in [0.717, 1.165) is 11.3 Å². The molecule has 0 bridgehead atoms. The third-order valence-corrected chi connectivity index (χ3v) is 5.52. The zero-order valence-electron chi connectivity index (χ0n) is 22.2. The van der Waals surface area contributed by atoms with Crippen molar-refractivity contribution in [2.24, 2.45) is 5.92 Å². The molecule has 1 heterocycles. The number of nitrogens with one attached hydrogen (secondary N) is 3. The van der Waals surface area contributed by atoms with Crippen LogP contribution in [0, 0.1) is 5.92 Å². The topological polar surface area (TPSA) is 173 Å². The van der Waals surface area contributed by atoms with Gasteiger partial charge in [-0.15, -0.1) is 11.3 Å². The molecule has 1 aromatic rings. The Kier molecular flexibility index (Phi) is 11.2. The summed E-state index contributed by atoms with van der Waals surface area (Å²) in [6.07, 6.45) is -0.939. The van der Waals surface area contributed by atoms with E-state index in [1.54, 1.807) is 34.6 Å². The largest absolute Gasteiger partial charge is 0.481 e. The molecular weight excluding hydrogens is 504 g/mol. The number of aliphatic carboxylic acids is 1. The third kappa shape index (κ3) is 11.0. The fraction of sp³-hybridized carbons (Fsp3) is 0.583. The highest BCUT2D eigenvalue weighted by molar-refractivity contribution is 7.09. The molecule has 0 aliphatic carbocycles. The zero-order valence-corrected chi connectivity index (χ0v) is 23.0. The van der Waals surface area contributed by atoms with E-state index in [-0.39, 0.29) is 12.2 Å². The van der Waals surface area contributed by atoms with Crippen LogP contribution in [0.15, 0.2) is 18.0 Å². The van der Waals surface area contributed by atoms with E-state index in [2.05, 4.69) is 27.5 Å². The van der Waals surface area contributed by atoms with Crippen LogP contribution in [-0.4, -0.2) is 63.2 Å². The van der Waals surface area contributed by atoms with Crippen LogP contribution >= 0.6 is 11.3 Å². The van der Waals surface area contributed by atoms with Crippen LogP contribution in [0.3, 0.4) is 0 Å². The molecule has 3 amide bonds. The predicted octanol–water partition coefficient (Wildman–Crippen LogP) is 2.39. The highest BCUT2D eigenvalue weighted by Gasteiger charge is 2.36. The molecule has 12 nitrogen and oxygen atoms in total. The van der Waals surface area contributed by atoms with Gasteiger partial charge in [-0.25, -0.2) is 14.6 Å². The molecule has 0 aromatic carbocycles. The molecular formula is C24H36N4O8S. The third-order valence-electron chi connectivity index (χ3n) is 4.67. The number of carboxylic acids is 1. The number of amides is 3. The number of rotatable bonds is 12. The first-order chi connectivity index (χ1) is 16.9. The lowest BCUT2D eigenvalue weighted by molar-refractivity contribution is -0.155. The number of aromatic nitrogens is 1. The molecule has 1 rings (SSSR count). The number of hydrogen-bond acceptors (Lipinski definition) is 9. The summed E-state index contributed by atoms with van der Waals surface area (Å²) >= 11 is 1.15. The molecule has 0 unspecified atom stereocenters. The number of nitrogens with zero attached hydrogens (tertiary/aromatic N) is 1. The van der Waals surface area contributed by atoms with Crippen molar-refractivity contribution < 1.29 is 38.6 Å². The monoisotopic (exact) mass is 540 g/mol. The van der Waals surface area contributed by atoms with Crippen molar-refractivity contribution in [3.8, 4) is 0 Å². The summed E-state index contributed by atoms with van der Waals surface area (Å²) in [5, 5.41) is 18.6. The number of hydrogen-bond donors (Lipinski definition) is 4. The molecule has 0 aliphatic rings. The van der Waals surface area contributed by atoms with E-state index in [1.807, 2.05) is 0 Å². The van der Waals surface area contributed by atoms with Crippen LogP contribution in [0.25, 0.3) is 0 Å². The summed E-state index contributed by atoms with van der Waals surface area (Å²) < 4.78 is 10.3. The summed E-state index contributed by atoms with van der Waals surface area (Å²) in [5.41, 5.74) is -2.04.